The highest BCUT2D eigenvalue weighted by atomic mass is 16.5. The molecule has 1 unspecified atom stereocenters. The van der Waals surface area contributed by atoms with Gasteiger partial charge in [0.15, 0.2) is 5.54 Å². The first-order valence-corrected chi connectivity index (χ1v) is 6.70. The number of carbonyl (C=O) groups excluding carboxylic acids is 2. The van der Waals surface area contributed by atoms with Crippen LogP contribution in [0.1, 0.15) is 32.6 Å². The SMILES string of the molecule is COCC(C)(NC(=O)CCCNC(=O)C1CC1)C(=O)O. The highest BCUT2D eigenvalue weighted by Gasteiger charge is 2.34. The number of amides is 2. The largest absolute Gasteiger partial charge is 0.479 e. The van der Waals surface area contributed by atoms with Crippen molar-refractivity contribution in [3.05, 3.63) is 0 Å². The van der Waals surface area contributed by atoms with Crippen molar-refractivity contribution in [2.75, 3.05) is 20.3 Å². The minimum Gasteiger partial charge on any atom is -0.479 e. The zero-order valence-corrected chi connectivity index (χ0v) is 11.9. The highest BCUT2D eigenvalue weighted by Crippen LogP contribution is 2.28. The second-order valence-electron chi connectivity index (χ2n) is 5.29. The lowest BCUT2D eigenvalue weighted by molar-refractivity contribution is -0.149. The molecule has 7 nitrogen and oxygen atoms in total. The Labute approximate surface area is 118 Å². The topological polar surface area (TPSA) is 105 Å². The maximum absolute atomic E-state index is 11.7. The zero-order chi connectivity index (χ0) is 15.2. The number of carboxylic acids is 1. The average Bonchev–Trinajstić information content (AvgIpc) is 3.18. The van der Waals surface area contributed by atoms with Crippen molar-refractivity contribution in [2.24, 2.45) is 5.92 Å². The van der Waals surface area contributed by atoms with Gasteiger partial charge in [0.2, 0.25) is 11.8 Å². The maximum Gasteiger partial charge on any atom is 0.331 e. The molecular formula is C13H22N2O5. The molecule has 0 aromatic carbocycles. The van der Waals surface area contributed by atoms with E-state index in [1.54, 1.807) is 0 Å². The summed E-state index contributed by atoms with van der Waals surface area (Å²) in [5, 5.41) is 14.3. The lowest BCUT2D eigenvalue weighted by Crippen LogP contribution is -2.55. The van der Waals surface area contributed by atoms with Crippen LogP contribution in [0.5, 0.6) is 0 Å². The fourth-order valence-corrected chi connectivity index (χ4v) is 1.76. The summed E-state index contributed by atoms with van der Waals surface area (Å²) in [6.45, 7) is 1.72. The van der Waals surface area contributed by atoms with Gasteiger partial charge in [0.25, 0.3) is 0 Å². The van der Waals surface area contributed by atoms with E-state index in [2.05, 4.69) is 10.6 Å². The summed E-state index contributed by atoms with van der Waals surface area (Å²) >= 11 is 0. The predicted molar refractivity (Wildman–Crippen MR) is 71.0 cm³/mol. The van der Waals surface area contributed by atoms with E-state index < -0.39 is 11.5 Å². The first-order chi connectivity index (χ1) is 9.39. The number of ether oxygens (including phenoxy) is 1. The molecule has 20 heavy (non-hydrogen) atoms. The van der Waals surface area contributed by atoms with Crippen LogP contribution in [0.4, 0.5) is 0 Å². The van der Waals surface area contributed by atoms with Crippen molar-refractivity contribution >= 4 is 17.8 Å². The standard InChI is InChI=1S/C13H22N2O5/c1-13(8-20-2,12(18)19)15-10(16)4-3-7-14-11(17)9-5-6-9/h9H,3-8H2,1-2H3,(H,14,17)(H,15,16)(H,18,19). The Balaban J connectivity index is 2.23. The van der Waals surface area contributed by atoms with Gasteiger partial charge in [-0.25, -0.2) is 4.79 Å². The quantitative estimate of drug-likeness (QED) is 0.513. The summed E-state index contributed by atoms with van der Waals surface area (Å²) in [6, 6.07) is 0. The lowest BCUT2D eigenvalue weighted by Gasteiger charge is -2.25. The molecule has 0 heterocycles. The molecule has 1 aliphatic rings. The number of methoxy groups -OCH3 is 1. The second kappa shape index (κ2) is 7.23. The molecule has 0 spiro atoms. The van der Waals surface area contributed by atoms with Gasteiger partial charge in [0.1, 0.15) is 0 Å². The fraction of sp³-hybridized carbons (Fsp3) is 0.769. The van der Waals surface area contributed by atoms with Crippen LogP contribution in [-0.4, -0.2) is 48.7 Å². The Morgan fingerprint density at radius 1 is 1.35 bits per heavy atom. The minimum absolute atomic E-state index is 0.0418. The van der Waals surface area contributed by atoms with Gasteiger partial charge in [-0.3, -0.25) is 9.59 Å². The summed E-state index contributed by atoms with van der Waals surface area (Å²) in [5.41, 5.74) is -1.43. The molecule has 0 aromatic rings. The van der Waals surface area contributed by atoms with E-state index >= 15 is 0 Å². The second-order valence-corrected chi connectivity index (χ2v) is 5.29. The fourth-order valence-electron chi connectivity index (χ4n) is 1.76. The molecule has 0 bridgehead atoms. The molecule has 0 radical (unpaired) electrons. The van der Waals surface area contributed by atoms with Crippen LogP contribution in [-0.2, 0) is 19.1 Å². The number of rotatable bonds is 9. The number of carboxylic acid groups (broad SMARTS) is 1. The number of hydrogen-bond donors (Lipinski definition) is 3. The number of aliphatic carboxylic acids is 1. The first kappa shape index (κ1) is 16.4. The summed E-state index contributed by atoms with van der Waals surface area (Å²) in [6.07, 6.45) is 2.53. The van der Waals surface area contributed by atoms with E-state index in [4.69, 9.17) is 9.84 Å². The summed E-state index contributed by atoms with van der Waals surface area (Å²) < 4.78 is 4.81. The molecule has 1 fully saturated rings. The van der Waals surface area contributed by atoms with Crippen molar-refractivity contribution in [2.45, 2.75) is 38.1 Å². The Hall–Kier alpha value is -1.63. The van der Waals surface area contributed by atoms with Crippen molar-refractivity contribution < 1.29 is 24.2 Å². The Bertz CT molecular complexity index is 381. The van der Waals surface area contributed by atoms with Gasteiger partial charge in [-0.1, -0.05) is 0 Å². The molecular weight excluding hydrogens is 264 g/mol. The van der Waals surface area contributed by atoms with Crippen molar-refractivity contribution in [3.8, 4) is 0 Å². The third-order valence-corrected chi connectivity index (χ3v) is 3.15. The average molecular weight is 286 g/mol. The molecule has 114 valence electrons. The van der Waals surface area contributed by atoms with Gasteiger partial charge in [-0.05, 0) is 26.2 Å². The molecule has 1 rings (SSSR count). The third kappa shape index (κ3) is 5.16. The molecule has 1 aliphatic carbocycles. The molecule has 7 heteroatoms. The van der Waals surface area contributed by atoms with Crippen LogP contribution >= 0.6 is 0 Å². The van der Waals surface area contributed by atoms with Gasteiger partial charge < -0.3 is 20.5 Å². The van der Waals surface area contributed by atoms with Gasteiger partial charge in [-0.15, -0.1) is 0 Å². The molecule has 1 atom stereocenters. The Kier molecular flexibility index (Phi) is 5.94. The van der Waals surface area contributed by atoms with E-state index in [0.717, 1.165) is 12.8 Å². The van der Waals surface area contributed by atoms with E-state index in [9.17, 15) is 14.4 Å². The van der Waals surface area contributed by atoms with Gasteiger partial charge >= 0.3 is 5.97 Å². The van der Waals surface area contributed by atoms with E-state index in [1.165, 1.54) is 14.0 Å². The van der Waals surface area contributed by atoms with Crippen LogP contribution in [0, 0.1) is 5.92 Å². The monoisotopic (exact) mass is 286 g/mol. The zero-order valence-electron chi connectivity index (χ0n) is 11.9. The third-order valence-electron chi connectivity index (χ3n) is 3.15. The Morgan fingerprint density at radius 2 is 2.00 bits per heavy atom. The van der Waals surface area contributed by atoms with E-state index in [0.29, 0.717) is 13.0 Å². The number of carbonyl (C=O) groups is 3. The molecule has 0 aromatic heterocycles. The molecule has 2 amide bonds. The maximum atomic E-state index is 11.7. The van der Waals surface area contributed by atoms with Crippen LogP contribution in [0.3, 0.4) is 0 Å². The number of hydrogen-bond acceptors (Lipinski definition) is 4. The smallest absolute Gasteiger partial charge is 0.331 e. The van der Waals surface area contributed by atoms with Crippen LogP contribution in [0.2, 0.25) is 0 Å². The predicted octanol–water partition coefficient (Wildman–Crippen LogP) is -0.101. The van der Waals surface area contributed by atoms with E-state index in [-0.39, 0.29) is 30.8 Å². The summed E-state index contributed by atoms with van der Waals surface area (Å²) in [7, 11) is 1.38. The summed E-state index contributed by atoms with van der Waals surface area (Å²) in [5.74, 6) is -1.32. The minimum atomic E-state index is -1.43. The van der Waals surface area contributed by atoms with Gasteiger partial charge in [0.05, 0.1) is 6.61 Å². The van der Waals surface area contributed by atoms with Gasteiger partial charge in [0, 0.05) is 26.0 Å². The molecule has 0 aliphatic heterocycles. The first-order valence-electron chi connectivity index (χ1n) is 6.70. The van der Waals surface area contributed by atoms with Gasteiger partial charge in [-0.2, -0.15) is 0 Å². The Morgan fingerprint density at radius 3 is 2.50 bits per heavy atom. The number of nitrogens with one attached hydrogen (secondary N) is 2. The molecule has 0 saturated heterocycles. The van der Waals surface area contributed by atoms with E-state index in [1.807, 2.05) is 0 Å². The van der Waals surface area contributed by atoms with Crippen molar-refractivity contribution in [1.82, 2.24) is 10.6 Å². The lowest BCUT2D eigenvalue weighted by atomic mass is 10.0. The highest BCUT2D eigenvalue weighted by molar-refractivity contribution is 5.86. The normalized spacial score (nSPS) is 17.1. The van der Waals surface area contributed by atoms with Crippen molar-refractivity contribution in [3.63, 3.8) is 0 Å². The van der Waals surface area contributed by atoms with Crippen molar-refractivity contribution in [1.29, 1.82) is 0 Å². The van der Waals surface area contributed by atoms with Crippen LogP contribution in [0.25, 0.3) is 0 Å². The molecule has 3 N–H and O–H groups in total. The van der Waals surface area contributed by atoms with Crippen LogP contribution < -0.4 is 10.6 Å². The summed E-state index contributed by atoms with van der Waals surface area (Å²) in [4.78, 5) is 34.1. The van der Waals surface area contributed by atoms with Crippen LogP contribution in [0.15, 0.2) is 0 Å². The molecule has 1 saturated carbocycles.